The van der Waals surface area contributed by atoms with E-state index in [1.807, 2.05) is 30.3 Å². The minimum atomic E-state index is 0.583. The van der Waals surface area contributed by atoms with Crippen molar-refractivity contribution in [2.45, 2.75) is 13.0 Å². The second kappa shape index (κ2) is 8.61. The molecule has 116 valence electrons. The predicted octanol–water partition coefficient (Wildman–Crippen LogP) is 3.30. The highest BCUT2D eigenvalue weighted by Gasteiger charge is 2.03. The Balaban J connectivity index is 1.80. The molecule has 22 heavy (non-hydrogen) atoms. The Morgan fingerprint density at radius 1 is 1.18 bits per heavy atom. The third-order valence-corrected chi connectivity index (χ3v) is 3.67. The summed E-state index contributed by atoms with van der Waals surface area (Å²) in [5, 5.41) is 7.75. The van der Waals surface area contributed by atoms with Gasteiger partial charge < -0.3 is 10.6 Å². The Bertz CT molecular complexity index is 629. The first-order chi connectivity index (χ1) is 10.7. The molecule has 1 aromatic heterocycles. The molecule has 0 aliphatic rings. The van der Waals surface area contributed by atoms with Crippen LogP contribution in [0.1, 0.15) is 11.3 Å². The van der Waals surface area contributed by atoms with Crippen LogP contribution < -0.4 is 10.6 Å². The second-order valence-corrected chi connectivity index (χ2v) is 5.50. The Morgan fingerprint density at radius 3 is 2.73 bits per heavy atom. The number of hydrogen-bond acceptors (Lipinski definition) is 2. The van der Waals surface area contributed by atoms with Gasteiger partial charge in [0.1, 0.15) is 0 Å². The first-order valence-electron chi connectivity index (χ1n) is 6.97. The molecule has 2 aromatic rings. The van der Waals surface area contributed by atoms with Gasteiger partial charge in [-0.25, -0.2) is 0 Å². The standard InChI is InChI=1S/C16H18Cl2N4/c1-19-16(21-9-7-14-4-2-3-8-20-14)22-11-12-5-6-13(17)10-15(12)18/h2-6,8,10H,7,9,11H2,1H3,(H2,19,21,22). The van der Waals surface area contributed by atoms with Crippen LogP contribution in [0.3, 0.4) is 0 Å². The summed E-state index contributed by atoms with van der Waals surface area (Å²) in [6.07, 6.45) is 2.63. The summed E-state index contributed by atoms with van der Waals surface area (Å²) in [4.78, 5) is 8.47. The first-order valence-corrected chi connectivity index (χ1v) is 7.73. The zero-order valence-electron chi connectivity index (χ0n) is 12.3. The number of rotatable bonds is 5. The number of nitrogens with one attached hydrogen (secondary N) is 2. The molecule has 6 heteroatoms. The van der Waals surface area contributed by atoms with Crippen LogP contribution in [0.2, 0.25) is 10.0 Å². The van der Waals surface area contributed by atoms with Crippen molar-refractivity contribution in [2.75, 3.05) is 13.6 Å². The molecule has 0 spiro atoms. The highest BCUT2D eigenvalue weighted by atomic mass is 35.5. The summed E-state index contributed by atoms with van der Waals surface area (Å²) in [6, 6.07) is 11.4. The van der Waals surface area contributed by atoms with Crippen molar-refractivity contribution in [3.05, 3.63) is 63.9 Å². The highest BCUT2D eigenvalue weighted by molar-refractivity contribution is 6.35. The van der Waals surface area contributed by atoms with Gasteiger partial charge >= 0.3 is 0 Å². The van der Waals surface area contributed by atoms with Crippen molar-refractivity contribution in [3.8, 4) is 0 Å². The molecule has 0 radical (unpaired) electrons. The van der Waals surface area contributed by atoms with E-state index in [0.29, 0.717) is 16.6 Å². The number of nitrogens with zero attached hydrogens (tertiary/aromatic N) is 2. The minimum Gasteiger partial charge on any atom is -0.356 e. The maximum atomic E-state index is 6.15. The topological polar surface area (TPSA) is 49.3 Å². The van der Waals surface area contributed by atoms with E-state index < -0.39 is 0 Å². The maximum absolute atomic E-state index is 6.15. The van der Waals surface area contributed by atoms with Crippen LogP contribution in [0.15, 0.2) is 47.6 Å². The van der Waals surface area contributed by atoms with Crippen molar-refractivity contribution in [1.82, 2.24) is 15.6 Å². The fourth-order valence-corrected chi connectivity index (χ4v) is 2.39. The molecule has 0 amide bonds. The largest absolute Gasteiger partial charge is 0.356 e. The molecule has 1 aromatic carbocycles. The lowest BCUT2D eigenvalue weighted by molar-refractivity contribution is 0.784. The van der Waals surface area contributed by atoms with Crippen LogP contribution in [0, 0.1) is 0 Å². The van der Waals surface area contributed by atoms with Crippen LogP contribution in [0.5, 0.6) is 0 Å². The Kier molecular flexibility index (Phi) is 6.49. The number of aromatic nitrogens is 1. The van der Waals surface area contributed by atoms with E-state index in [2.05, 4.69) is 20.6 Å². The van der Waals surface area contributed by atoms with E-state index in [1.54, 1.807) is 19.3 Å². The van der Waals surface area contributed by atoms with Gasteiger partial charge in [-0.15, -0.1) is 0 Å². The molecule has 0 unspecified atom stereocenters. The van der Waals surface area contributed by atoms with Gasteiger partial charge in [-0.2, -0.15) is 0 Å². The fraction of sp³-hybridized carbons (Fsp3) is 0.250. The normalized spacial score (nSPS) is 11.3. The van der Waals surface area contributed by atoms with E-state index in [4.69, 9.17) is 23.2 Å². The minimum absolute atomic E-state index is 0.583. The van der Waals surface area contributed by atoms with Gasteiger partial charge in [0.2, 0.25) is 0 Å². The van der Waals surface area contributed by atoms with Crippen molar-refractivity contribution in [3.63, 3.8) is 0 Å². The van der Waals surface area contributed by atoms with Gasteiger partial charge in [0.05, 0.1) is 0 Å². The lowest BCUT2D eigenvalue weighted by Gasteiger charge is -2.12. The van der Waals surface area contributed by atoms with Crippen LogP contribution >= 0.6 is 23.2 Å². The van der Waals surface area contributed by atoms with Crippen LogP contribution in [0.4, 0.5) is 0 Å². The van der Waals surface area contributed by atoms with Crippen molar-refractivity contribution < 1.29 is 0 Å². The molecule has 0 bridgehead atoms. The zero-order chi connectivity index (χ0) is 15.8. The van der Waals surface area contributed by atoms with Crippen LogP contribution in [-0.2, 0) is 13.0 Å². The number of pyridine rings is 1. The SMILES string of the molecule is CN=C(NCCc1ccccn1)NCc1ccc(Cl)cc1Cl. The first kappa shape index (κ1) is 16.6. The van der Waals surface area contributed by atoms with Gasteiger partial charge in [0, 0.05) is 48.5 Å². The molecule has 0 atom stereocenters. The van der Waals surface area contributed by atoms with Crippen molar-refractivity contribution >= 4 is 29.2 Å². The highest BCUT2D eigenvalue weighted by Crippen LogP contribution is 2.20. The predicted molar refractivity (Wildman–Crippen MR) is 92.6 cm³/mol. The molecular formula is C16H18Cl2N4. The van der Waals surface area contributed by atoms with Crippen molar-refractivity contribution in [2.24, 2.45) is 4.99 Å². The molecular weight excluding hydrogens is 319 g/mol. The van der Waals surface area contributed by atoms with Crippen LogP contribution in [-0.4, -0.2) is 24.5 Å². The summed E-state index contributed by atoms with van der Waals surface area (Å²) in [7, 11) is 1.74. The summed E-state index contributed by atoms with van der Waals surface area (Å²) in [5.74, 6) is 0.724. The van der Waals surface area contributed by atoms with E-state index in [9.17, 15) is 0 Å². The average molecular weight is 337 g/mol. The molecule has 0 saturated carbocycles. The molecule has 0 aliphatic heterocycles. The molecule has 0 aliphatic carbocycles. The molecule has 1 heterocycles. The Hall–Kier alpha value is -1.78. The number of hydrogen-bond donors (Lipinski definition) is 2. The average Bonchev–Trinajstić information content (AvgIpc) is 2.53. The van der Waals surface area contributed by atoms with Crippen molar-refractivity contribution in [1.29, 1.82) is 0 Å². The number of halogens is 2. The monoisotopic (exact) mass is 336 g/mol. The van der Waals surface area contributed by atoms with E-state index in [-0.39, 0.29) is 0 Å². The van der Waals surface area contributed by atoms with E-state index in [0.717, 1.165) is 30.2 Å². The van der Waals surface area contributed by atoms with Crippen LogP contribution in [0.25, 0.3) is 0 Å². The van der Waals surface area contributed by atoms with E-state index in [1.165, 1.54) is 0 Å². The summed E-state index contributed by atoms with van der Waals surface area (Å²) < 4.78 is 0. The van der Waals surface area contributed by atoms with Gasteiger partial charge in [-0.05, 0) is 29.8 Å². The second-order valence-electron chi connectivity index (χ2n) is 4.66. The summed E-state index contributed by atoms with van der Waals surface area (Å²) in [6.45, 7) is 1.34. The maximum Gasteiger partial charge on any atom is 0.191 e. The Morgan fingerprint density at radius 2 is 2.05 bits per heavy atom. The van der Waals surface area contributed by atoms with E-state index >= 15 is 0 Å². The lowest BCUT2D eigenvalue weighted by atomic mass is 10.2. The van der Waals surface area contributed by atoms with Gasteiger partial charge in [0.25, 0.3) is 0 Å². The number of guanidine groups is 1. The molecule has 2 N–H and O–H groups in total. The van der Waals surface area contributed by atoms with Gasteiger partial charge in [0.15, 0.2) is 5.96 Å². The van der Waals surface area contributed by atoms with Gasteiger partial charge in [-0.3, -0.25) is 9.98 Å². The number of aliphatic imine (C=N–C) groups is 1. The molecule has 2 rings (SSSR count). The Labute approximate surface area is 140 Å². The van der Waals surface area contributed by atoms with Gasteiger partial charge in [-0.1, -0.05) is 35.3 Å². The molecule has 4 nitrogen and oxygen atoms in total. The third kappa shape index (κ3) is 5.20. The summed E-state index contributed by atoms with van der Waals surface area (Å²) >= 11 is 12.0. The lowest BCUT2D eigenvalue weighted by Crippen LogP contribution is -2.38. The molecule has 0 fully saturated rings. The third-order valence-electron chi connectivity index (χ3n) is 3.08. The number of benzene rings is 1. The quantitative estimate of drug-likeness (QED) is 0.650. The summed E-state index contributed by atoms with van der Waals surface area (Å²) in [5.41, 5.74) is 2.02. The smallest absolute Gasteiger partial charge is 0.191 e. The zero-order valence-corrected chi connectivity index (χ0v) is 13.8. The molecule has 0 saturated heterocycles. The fourth-order valence-electron chi connectivity index (χ4n) is 1.92.